The Balaban J connectivity index is 2.01. The van der Waals surface area contributed by atoms with Gasteiger partial charge in [-0.2, -0.15) is 0 Å². The second-order valence-electron chi connectivity index (χ2n) is 4.85. The molecule has 1 aromatic carbocycles. The van der Waals surface area contributed by atoms with Crippen LogP contribution in [0.3, 0.4) is 0 Å². The Labute approximate surface area is 109 Å². The third-order valence-corrected chi connectivity index (χ3v) is 3.31. The van der Waals surface area contributed by atoms with Crippen LogP contribution in [0.15, 0.2) is 23.4 Å². The van der Waals surface area contributed by atoms with Gasteiger partial charge in [0.15, 0.2) is 0 Å². The average molecular weight is 246 g/mol. The minimum absolute atomic E-state index is 0.724. The van der Waals surface area contributed by atoms with Gasteiger partial charge in [0.2, 0.25) is 0 Å². The van der Waals surface area contributed by atoms with E-state index in [0.717, 1.165) is 43.7 Å². The maximum atomic E-state index is 5.81. The summed E-state index contributed by atoms with van der Waals surface area (Å²) in [5.74, 6) is 0. The first-order valence-electron chi connectivity index (χ1n) is 6.89. The second kappa shape index (κ2) is 6.43. The predicted octanol–water partition coefficient (Wildman–Crippen LogP) is 3.52. The molecule has 3 nitrogen and oxygen atoms in total. The van der Waals surface area contributed by atoms with Crippen molar-refractivity contribution in [2.45, 2.75) is 45.4 Å². The molecular weight excluding hydrogens is 224 g/mol. The minimum atomic E-state index is 0.724. The third kappa shape index (κ3) is 3.25. The zero-order valence-corrected chi connectivity index (χ0v) is 11.1. The van der Waals surface area contributed by atoms with E-state index in [1.165, 1.54) is 24.0 Å². The van der Waals surface area contributed by atoms with Crippen LogP contribution in [-0.4, -0.2) is 12.3 Å². The van der Waals surface area contributed by atoms with Crippen molar-refractivity contribution in [3.63, 3.8) is 0 Å². The highest BCUT2D eigenvalue weighted by molar-refractivity contribution is 6.02. The molecule has 0 unspecified atom stereocenters. The van der Waals surface area contributed by atoms with Gasteiger partial charge in [-0.15, -0.1) is 0 Å². The summed E-state index contributed by atoms with van der Waals surface area (Å²) in [6.45, 7) is 2.91. The summed E-state index contributed by atoms with van der Waals surface area (Å²) in [5, 5.41) is 4.30. The number of hydrogen-bond donors (Lipinski definition) is 1. The molecule has 0 radical (unpaired) electrons. The van der Waals surface area contributed by atoms with E-state index in [-0.39, 0.29) is 0 Å². The van der Waals surface area contributed by atoms with Gasteiger partial charge in [-0.1, -0.05) is 31.0 Å². The maximum Gasteiger partial charge on any atom is 0.117 e. The molecule has 0 fully saturated rings. The Morgan fingerprint density at radius 3 is 3.00 bits per heavy atom. The van der Waals surface area contributed by atoms with Crippen LogP contribution in [0.4, 0.5) is 5.69 Å². The van der Waals surface area contributed by atoms with Gasteiger partial charge in [0.1, 0.15) is 6.61 Å². The molecule has 2 N–H and O–H groups in total. The molecule has 0 aromatic heterocycles. The van der Waals surface area contributed by atoms with Crippen LogP contribution in [0.5, 0.6) is 0 Å². The van der Waals surface area contributed by atoms with Crippen LogP contribution in [0, 0.1) is 0 Å². The van der Waals surface area contributed by atoms with E-state index in [9.17, 15) is 0 Å². The van der Waals surface area contributed by atoms with Crippen molar-refractivity contribution in [3.8, 4) is 0 Å². The first kappa shape index (κ1) is 12.9. The quantitative estimate of drug-likeness (QED) is 0.491. The van der Waals surface area contributed by atoms with Crippen LogP contribution in [0.2, 0.25) is 0 Å². The highest BCUT2D eigenvalue weighted by Gasteiger charge is 2.15. The molecule has 0 saturated heterocycles. The SMILES string of the molecule is CCCCCO/N=C1\CCCc2cc(N)ccc21. The fourth-order valence-corrected chi connectivity index (χ4v) is 2.32. The van der Waals surface area contributed by atoms with Crippen molar-refractivity contribution in [2.75, 3.05) is 12.3 Å². The van der Waals surface area contributed by atoms with Gasteiger partial charge in [-0.3, -0.25) is 0 Å². The highest BCUT2D eigenvalue weighted by Crippen LogP contribution is 2.24. The van der Waals surface area contributed by atoms with Gasteiger partial charge < -0.3 is 10.6 Å². The number of oxime groups is 1. The number of nitrogens with two attached hydrogens (primary N) is 1. The minimum Gasteiger partial charge on any atom is -0.399 e. The van der Waals surface area contributed by atoms with Gasteiger partial charge in [0.05, 0.1) is 5.71 Å². The van der Waals surface area contributed by atoms with Gasteiger partial charge in [-0.05, 0) is 43.4 Å². The smallest absolute Gasteiger partial charge is 0.117 e. The summed E-state index contributed by atoms with van der Waals surface area (Å²) in [6, 6.07) is 6.07. The third-order valence-electron chi connectivity index (χ3n) is 3.31. The lowest BCUT2D eigenvalue weighted by molar-refractivity contribution is 0.139. The Morgan fingerprint density at radius 2 is 2.17 bits per heavy atom. The molecule has 0 bridgehead atoms. The lowest BCUT2D eigenvalue weighted by atomic mass is 9.90. The first-order chi connectivity index (χ1) is 8.81. The largest absolute Gasteiger partial charge is 0.399 e. The van der Waals surface area contributed by atoms with Crippen LogP contribution >= 0.6 is 0 Å². The molecule has 0 amide bonds. The number of anilines is 1. The van der Waals surface area contributed by atoms with Crippen molar-refractivity contribution < 1.29 is 4.84 Å². The lowest BCUT2D eigenvalue weighted by Crippen LogP contribution is -2.13. The maximum absolute atomic E-state index is 5.81. The molecule has 98 valence electrons. The van der Waals surface area contributed by atoms with E-state index >= 15 is 0 Å². The Morgan fingerprint density at radius 1 is 1.28 bits per heavy atom. The Hall–Kier alpha value is -1.51. The van der Waals surface area contributed by atoms with Crippen molar-refractivity contribution >= 4 is 11.4 Å². The normalized spacial score (nSPS) is 16.6. The number of hydrogen-bond acceptors (Lipinski definition) is 3. The molecule has 1 aliphatic rings. The van der Waals surface area contributed by atoms with E-state index in [4.69, 9.17) is 10.6 Å². The summed E-state index contributed by atoms with van der Waals surface area (Å²) < 4.78 is 0. The highest BCUT2D eigenvalue weighted by atomic mass is 16.6. The fourth-order valence-electron chi connectivity index (χ4n) is 2.32. The molecule has 18 heavy (non-hydrogen) atoms. The van der Waals surface area contributed by atoms with Crippen molar-refractivity contribution in [2.24, 2.45) is 5.16 Å². The molecule has 3 heteroatoms. The number of rotatable bonds is 5. The lowest BCUT2D eigenvalue weighted by Gasteiger charge is -2.17. The van der Waals surface area contributed by atoms with Crippen molar-refractivity contribution in [1.29, 1.82) is 0 Å². The van der Waals surface area contributed by atoms with Gasteiger partial charge in [0, 0.05) is 11.3 Å². The second-order valence-corrected chi connectivity index (χ2v) is 4.85. The standard InChI is InChI=1S/C15H22N2O/c1-2-3-4-10-18-17-15-7-5-6-12-11-13(16)8-9-14(12)15/h8-9,11H,2-7,10,16H2,1H3/b17-15+. The first-order valence-corrected chi connectivity index (χ1v) is 6.89. The van der Waals surface area contributed by atoms with Crippen molar-refractivity contribution in [1.82, 2.24) is 0 Å². The van der Waals surface area contributed by atoms with Crippen LogP contribution in [-0.2, 0) is 11.3 Å². The van der Waals surface area contributed by atoms with E-state index in [1.54, 1.807) is 0 Å². The van der Waals surface area contributed by atoms with Gasteiger partial charge >= 0.3 is 0 Å². The number of benzene rings is 1. The zero-order valence-electron chi connectivity index (χ0n) is 11.1. The topological polar surface area (TPSA) is 47.6 Å². The number of unbranched alkanes of at least 4 members (excludes halogenated alkanes) is 2. The number of aryl methyl sites for hydroxylation is 1. The molecule has 0 heterocycles. The summed E-state index contributed by atoms with van der Waals surface area (Å²) in [4.78, 5) is 5.42. The molecule has 0 spiro atoms. The number of nitrogens with zero attached hydrogens (tertiary/aromatic N) is 1. The van der Waals surface area contributed by atoms with E-state index in [2.05, 4.69) is 24.2 Å². The van der Waals surface area contributed by atoms with E-state index < -0.39 is 0 Å². The molecule has 2 rings (SSSR count). The van der Waals surface area contributed by atoms with E-state index in [1.807, 2.05) is 6.07 Å². The Kier molecular flexibility index (Phi) is 4.62. The zero-order chi connectivity index (χ0) is 12.8. The molecule has 1 aromatic rings. The van der Waals surface area contributed by atoms with Gasteiger partial charge in [-0.25, -0.2) is 0 Å². The predicted molar refractivity (Wildman–Crippen MR) is 75.8 cm³/mol. The molecule has 1 aliphatic carbocycles. The molecule has 0 aliphatic heterocycles. The summed E-state index contributed by atoms with van der Waals surface area (Å²) in [6.07, 6.45) is 6.73. The molecular formula is C15H22N2O. The van der Waals surface area contributed by atoms with Crippen LogP contribution < -0.4 is 5.73 Å². The fraction of sp³-hybridized carbons (Fsp3) is 0.533. The Bertz CT molecular complexity index is 427. The number of fused-ring (bicyclic) bond motifs is 1. The molecule has 0 atom stereocenters. The van der Waals surface area contributed by atoms with Crippen molar-refractivity contribution in [3.05, 3.63) is 29.3 Å². The van der Waals surface area contributed by atoms with Crippen LogP contribution in [0.1, 0.15) is 50.2 Å². The molecule has 0 saturated carbocycles. The summed E-state index contributed by atoms with van der Waals surface area (Å²) in [5.41, 5.74) is 10.2. The monoisotopic (exact) mass is 246 g/mol. The summed E-state index contributed by atoms with van der Waals surface area (Å²) in [7, 11) is 0. The van der Waals surface area contributed by atoms with Crippen LogP contribution in [0.25, 0.3) is 0 Å². The number of nitrogen functional groups attached to an aromatic ring is 1. The van der Waals surface area contributed by atoms with E-state index in [0.29, 0.717) is 0 Å². The average Bonchev–Trinajstić information content (AvgIpc) is 2.38. The summed E-state index contributed by atoms with van der Waals surface area (Å²) >= 11 is 0. The van der Waals surface area contributed by atoms with Gasteiger partial charge in [0.25, 0.3) is 0 Å².